The molecule has 0 amide bonds. The van der Waals surface area contributed by atoms with E-state index in [1.807, 2.05) is 77.4 Å². The molecular weight excluding hydrogens is 683 g/mol. The molecule has 41 heavy (non-hydrogen) atoms. The second-order valence-corrected chi connectivity index (χ2v) is 9.98. The van der Waals surface area contributed by atoms with E-state index in [1.165, 1.54) is 16.7 Å². The van der Waals surface area contributed by atoms with Crippen LogP contribution in [0.3, 0.4) is 0 Å². The zero-order valence-electron chi connectivity index (χ0n) is 23.4. The Morgan fingerprint density at radius 3 is 2.34 bits per heavy atom. The van der Waals surface area contributed by atoms with E-state index in [4.69, 9.17) is 0 Å². The van der Waals surface area contributed by atoms with Crippen molar-refractivity contribution in [3.63, 3.8) is 0 Å². The van der Waals surface area contributed by atoms with Gasteiger partial charge in [0.1, 0.15) is 11.3 Å². The van der Waals surface area contributed by atoms with Gasteiger partial charge >= 0.3 is 6.01 Å². The maximum absolute atomic E-state index is 4.63. The van der Waals surface area contributed by atoms with E-state index in [0.29, 0.717) is 0 Å². The molecule has 0 unspecified atom stereocenters. The van der Waals surface area contributed by atoms with E-state index in [-0.39, 0.29) is 20.1 Å². The minimum absolute atomic E-state index is 0. The zero-order chi connectivity index (χ0) is 27.6. The van der Waals surface area contributed by atoms with Gasteiger partial charge in [-0.2, -0.15) is 6.07 Å². The predicted octanol–water partition coefficient (Wildman–Crippen LogP) is 7.40. The molecule has 0 spiro atoms. The van der Waals surface area contributed by atoms with Crippen LogP contribution in [-0.2, 0) is 20.1 Å². The van der Waals surface area contributed by atoms with Crippen molar-refractivity contribution in [2.45, 2.75) is 20.8 Å². The molecule has 0 saturated carbocycles. The molecule has 1 aliphatic heterocycles. The smallest absolute Gasteiger partial charge is 0.318 e. The van der Waals surface area contributed by atoms with Crippen LogP contribution in [0.1, 0.15) is 16.7 Å². The summed E-state index contributed by atoms with van der Waals surface area (Å²) in [7, 11) is 1.96. The van der Waals surface area contributed by atoms with Crippen molar-refractivity contribution in [2.24, 2.45) is 0 Å². The first-order valence-corrected chi connectivity index (χ1v) is 13.2. The molecule has 3 aromatic heterocycles. The summed E-state index contributed by atoms with van der Waals surface area (Å²) < 4.78 is 6.04. The molecule has 6 aromatic rings. The standard InChI is InChI=1S/C21H15N4.C14H14N.Ir/c1-23-12-13-24(15-23)17-9-10-18-19-8-5-11-22-21(19)25(20(18)14-17)16-6-3-2-4-7-16;1-10-4-6-13(7-5-10)14-8-11(2)12(3)9-15-14;/h2-8,10-14H,1H3;4-6,8-9H,1-3H3;/q+1;-1;. The van der Waals surface area contributed by atoms with E-state index in [9.17, 15) is 0 Å². The predicted molar refractivity (Wildman–Crippen MR) is 160 cm³/mol. The SMILES string of the molecule is C[N+]1=C=[N+](c2[c-]cc3c4cccnc4n(-c4ccccc4)c3c2)C=C1.Cc1c[c-]c(-c2cc(C)c(C)cn2)cc1.[Ir]. The Hall–Kier alpha value is -4.47. The number of hydrogen-bond donors (Lipinski definition) is 0. The van der Waals surface area contributed by atoms with Gasteiger partial charge in [0.05, 0.1) is 0 Å². The molecule has 7 rings (SSSR count). The topological polar surface area (TPSA) is 36.7 Å². The van der Waals surface area contributed by atoms with Gasteiger partial charge in [0.15, 0.2) is 7.05 Å². The second-order valence-electron chi connectivity index (χ2n) is 9.98. The molecule has 0 saturated heterocycles. The molecule has 5 nitrogen and oxygen atoms in total. The summed E-state index contributed by atoms with van der Waals surface area (Å²) in [5, 5.41) is 2.28. The molecule has 1 radical (unpaired) electrons. The van der Waals surface area contributed by atoms with Crippen LogP contribution in [0.25, 0.3) is 38.9 Å². The number of fused-ring (bicyclic) bond motifs is 3. The van der Waals surface area contributed by atoms with Crippen molar-refractivity contribution in [1.82, 2.24) is 14.5 Å². The Balaban J connectivity index is 0.000000182. The molecular formula is C35H29IrN5. The average molecular weight is 712 g/mol. The molecule has 1 aliphatic rings. The second kappa shape index (κ2) is 12.0. The first-order valence-electron chi connectivity index (χ1n) is 13.2. The maximum atomic E-state index is 4.63. The fourth-order valence-electron chi connectivity index (χ4n) is 4.72. The fourth-order valence-corrected chi connectivity index (χ4v) is 4.72. The third-order valence-corrected chi connectivity index (χ3v) is 7.04. The Labute approximate surface area is 253 Å². The quantitative estimate of drug-likeness (QED) is 0.142. The van der Waals surface area contributed by atoms with Crippen LogP contribution in [0.5, 0.6) is 0 Å². The Morgan fingerprint density at radius 1 is 0.805 bits per heavy atom. The molecule has 6 heteroatoms. The number of aryl methyl sites for hydroxylation is 3. The van der Waals surface area contributed by atoms with E-state index in [1.54, 1.807) is 0 Å². The van der Waals surface area contributed by atoms with Crippen LogP contribution in [0.15, 0.2) is 104 Å². The maximum Gasteiger partial charge on any atom is 0.493 e. The Kier molecular flexibility index (Phi) is 8.18. The van der Waals surface area contributed by atoms with Gasteiger partial charge in [-0.25, -0.2) is 4.98 Å². The van der Waals surface area contributed by atoms with Crippen LogP contribution in [0, 0.1) is 32.9 Å². The summed E-state index contributed by atoms with van der Waals surface area (Å²) in [6.45, 7) is 6.24. The number of hydrogen-bond acceptors (Lipinski definition) is 2. The summed E-state index contributed by atoms with van der Waals surface area (Å²) in [4.78, 5) is 9.04. The summed E-state index contributed by atoms with van der Waals surface area (Å²) >= 11 is 0. The van der Waals surface area contributed by atoms with Crippen LogP contribution >= 0.6 is 0 Å². The molecule has 3 aromatic carbocycles. The number of para-hydroxylation sites is 1. The summed E-state index contributed by atoms with van der Waals surface area (Å²) in [6, 6.07) is 36.7. The number of pyridine rings is 2. The third-order valence-electron chi connectivity index (χ3n) is 7.04. The minimum atomic E-state index is 0. The monoisotopic (exact) mass is 712 g/mol. The van der Waals surface area contributed by atoms with Crippen LogP contribution in [0.4, 0.5) is 5.69 Å². The average Bonchev–Trinajstić information content (AvgIpc) is 3.56. The number of rotatable bonds is 3. The minimum Gasteiger partial charge on any atom is -0.318 e. The number of aromatic nitrogens is 3. The largest absolute Gasteiger partial charge is 0.493 e. The Bertz CT molecular complexity index is 1960. The van der Waals surface area contributed by atoms with Crippen LogP contribution in [0.2, 0.25) is 0 Å². The van der Waals surface area contributed by atoms with Gasteiger partial charge in [-0.05, 0) is 54.2 Å². The molecule has 0 atom stereocenters. The molecule has 4 heterocycles. The van der Waals surface area contributed by atoms with Gasteiger partial charge in [0.2, 0.25) is 6.20 Å². The van der Waals surface area contributed by atoms with Crippen molar-refractivity contribution in [1.29, 1.82) is 0 Å². The van der Waals surface area contributed by atoms with Gasteiger partial charge in [-0.1, -0.05) is 63.4 Å². The van der Waals surface area contributed by atoms with E-state index in [0.717, 1.165) is 44.6 Å². The van der Waals surface area contributed by atoms with Crippen molar-refractivity contribution < 1.29 is 29.3 Å². The van der Waals surface area contributed by atoms with Gasteiger partial charge in [0, 0.05) is 38.2 Å². The normalized spacial score (nSPS) is 12.0. The summed E-state index contributed by atoms with van der Waals surface area (Å²) in [6.07, 6.45) is 7.70. The first kappa shape index (κ1) is 28.1. The van der Waals surface area contributed by atoms with Gasteiger partial charge in [0.25, 0.3) is 6.20 Å². The van der Waals surface area contributed by atoms with Crippen molar-refractivity contribution in [3.8, 4) is 16.9 Å². The first-order chi connectivity index (χ1) is 19.5. The van der Waals surface area contributed by atoms with E-state index in [2.05, 4.69) is 95.9 Å². The van der Waals surface area contributed by atoms with Crippen LogP contribution < -0.4 is 0 Å². The fraction of sp³-hybridized carbons (Fsp3) is 0.114. The molecule has 0 N–H and O–H groups in total. The summed E-state index contributed by atoms with van der Waals surface area (Å²) in [5.74, 6) is 0. The van der Waals surface area contributed by atoms with Gasteiger partial charge in [-0.15, -0.1) is 41.5 Å². The van der Waals surface area contributed by atoms with Crippen molar-refractivity contribution in [2.75, 3.05) is 7.05 Å². The molecule has 0 bridgehead atoms. The number of benzene rings is 3. The van der Waals surface area contributed by atoms with Gasteiger partial charge in [-0.3, -0.25) is 0 Å². The van der Waals surface area contributed by atoms with Crippen molar-refractivity contribution >= 4 is 33.6 Å². The zero-order valence-corrected chi connectivity index (χ0v) is 25.8. The Morgan fingerprint density at radius 2 is 1.63 bits per heavy atom. The van der Waals surface area contributed by atoms with Crippen LogP contribution in [-0.4, -0.2) is 36.7 Å². The third kappa shape index (κ3) is 5.72. The number of nitrogens with zero attached hydrogens (tertiary/aromatic N) is 5. The van der Waals surface area contributed by atoms with Crippen molar-refractivity contribution in [3.05, 3.63) is 132 Å². The summed E-state index contributed by atoms with van der Waals surface area (Å²) in [5.41, 5.74) is 9.90. The molecule has 203 valence electrons. The van der Waals surface area contributed by atoms with Gasteiger partial charge < -0.3 is 9.55 Å². The van der Waals surface area contributed by atoms with E-state index >= 15 is 0 Å². The molecule has 0 aliphatic carbocycles. The van der Waals surface area contributed by atoms with E-state index < -0.39 is 0 Å². The molecule has 0 fully saturated rings.